The van der Waals surface area contributed by atoms with Crippen LogP contribution < -0.4 is 10.5 Å². The lowest BCUT2D eigenvalue weighted by atomic mass is 10.1. The number of rotatable bonds is 4. The van der Waals surface area contributed by atoms with Gasteiger partial charge in [0.15, 0.2) is 0 Å². The second-order valence-electron chi connectivity index (χ2n) is 4.54. The normalized spacial score (nSPS) is 12.2. The summed E-state index contributed by atoms with van der Waals surface area (Å²) in [6.07, 6.45) is 0. The van der Waals surface area contributed by atoms with Crippen molar-refractivity contribution in [1.82, 2.24) is 0 Å². The van der Waals surface area contributed by atoms with Crippen molar-refractivity contribution in [2.24, 2.45) is 5.73 Å². The molecule has 0 aliphatic carbocycles. The first-order chi connectivity index (χ1) is 9.45. The smallest absolute Gasteiger partial charge is 0.138 e. The van der Waals surface area contributed by atoms with Crippen molar-refractivity contribution < 1.29 is 9.13 Å². The zero-order valence-electron chi connectivity index (χ0n) is 10.9. The molecule has 5 heteroatoms. The summed E-state index contributed by atoms with van der Waals surface area (Å²) < 4.78 is 19.5. The van der Waals surface area contributed by atoms with E-state index >= 15 is 0 Å². The van der Waals surface area contributed by atoms with Crippen LogP contribution in [0.3, 0.4) is 0 Å². The highest BCUT2D eigenvalue weighted by Crippen LogP contribution is 2.28. The molecule has 2 aromatic rings. The Balaban J connectivity index is 2.11. The molecule has 0 aliphatic rings. The Morgan fingerprint density at radius 3 is 2.65 bits per heavy atom. The molecule has 0 aliphatic heterocycles. The van der Waals surface area contributed by atoms with Gasteiger partial charge in [-0.1, -0.05) is 33.6 Å². The minimum absolute atomic E-state index is 0.0827. The first kappa shape index (κ1) is 15.3. The molecule has 0 radical (unpaired) electrons. The van der Waals surface area contributed by atoms with Gasteiger partial charge in [0.05, 0.1) is 5.02 Å². The monoisotopic (exact) mass is 357 g/mol. The van der Waals surface area contributed by atoms with Crippen LogP contribution in [0.1, 0.15) is 24.1 Å². The summed E-state index contributed by atoms with van der Waals surface area (Å²) in [7, 11) is 0. The molecule has 1 atom stereocenters. The highest BCUT2D eigenvalue weighted by atomic mass is 79.9. The van der Waals surface area contributed by atoms with Crippen LogP contribution in [0, 0.1) is 5.82 Å². The summed E-state index contributed by atoms with van der Waals surface area (Å²) in [5, 5.41) is 0.496. The second kappa shape index (κ2) is 6.57. The number of nitrogens with two attached hydrogens (primary N) is 1. The minimum Gasteiger partial charge on any atom is -0.487 e. The van der Waals surface area contributed by atoms with E-state index in [1.807, 2.05) is 13.0 Å². The van der Waals surface area contributed by atoms with Gasteiger partial charge < -0.3 is 10.5 Å². The highest BCUT2D eigenvalue weighted by molar-refractivity contribution is 9.10. The van der Waals surface area contributed by atoms with E-state index in [0.717, 1.165) is 11.1 Å². The third-order valence-electron chi connectivity index (χ3n) is 2.80. The fourth-order valence-electron chi connectivity index (χ4n) is 1.77. The number of hydrogen-bond acceptors (Lipinski definition) is 2. The zero-order valence-corrected chi connectivity index (χ0v) is 13.2. The molecule has 0 spiro atoms. The Hall–Kier alpha value is -1.10. The van der Waals surface area contributed by atoms with Crippen LogP contribution in [0.15, 0.2) is 40.9 Å². The summed E-state index contributed by atoms with van der Waals surface area (Å²) in [6, 6.07) is 9.96. The van der Waals surface area contributed by atoms with Gasteiger partial charge in [0.2, 0.25) is 0 Å². The first-order valence-electron chi connectivity index (χ1n) is 6.08. The summed E-state index contributed by atoms with van der Waals surface area (Å²) in [5.74, 6) is 0.243. The maximum Gasteiger partial charge on any atom is 0.138 e. The quantitative estimate of drug-likeness (QED) is 0.848. The molecule has 0 saturated heterocycles. The van der Waals surface area contributed by atoms with Crippen LogP contribution in [0.5, 0.6) is 5.75 Å². The van der Waals surface area contributed by atoms with Crippen molar-refractivity contribution in [2.45, 2.75) is 19.6 Å². The Morgan fingerprint density at radius 2 is 2.05 bits per heavy atom. The fourth-order valence-corrected chi connectivity index (χ4v) is 2.53. The Labute approximate surface area is 130 Å². The molecule has 2 rings (SSSR count). The van der Waals surface area contributed by atoms with E-state index in [-0.39, 0.29) is 18.5 Å². The lowest BCUT2D eigenvalue weighted by molar-refractivity contribution is 0.305. The third-order valence-corrected chi connectivity index (χ3v) is 3.55. The molecule has 0 aromatic heterocycles. The molecule has 0 heterocycles. The van der Waals surface area contributed by atoms with Crippen LogP contribution in [-0.4, -0.2) is 0 Å². The Kier molecular flexibility index (Phi) is 5.02. The van der Waals surface area contributed by atoms with Crippen molar-refractivity contribution >= 4 is 27.5 Å². The van der Waals surface area contributed by atoms with Gasteiger partial charge in [0, 0.05) is 10.5 Å². The van der Waals surface area contributed by atoms with Crippen molar-refractivity contribution in [1.29, 1.82) is 0 Å². The van der Waals surface area contributed by atoms with Crippen molar-refractivity contribution in [3.05, 3.63) is 62.8 Å². The summed E-state index contributed by atoms with van der Waals surface area (Å²) in [6.45, 7) is 2.13. The van der Waals surface area contributed by atoms with Crippen molar-refractivity contribution in [2.75, 3.05) is 0 Å². The summed E-state index contributed by atoms with van der Waals surface area (Å²) in [4.78, 5) is 0. The van der Waals surface area contributed by atoms with E-state index in [1.165, 1.54) is 12.1 Å². The largest absolute Gasteiger partial charge is 0.487 e. The molecule has 0 bridgehead atoms. The molecule has 0 fully saturated rings. The highest BCUT2D eigenvalue weighted by Gasteiger charge is 2.07. The number of benzene rings is 2. The van der Waals surface area contributed by atoms with E-state index in [9.17, 15) is 4.39 Å². The van der Waals surface area contributed by atoms with Gasteiger partial charge in [-0.3, -0.25) is 0 Å². The first-order valence-corrected chi connectivity index (χ1v) is 7.25. The van der Waals surface area contributed by atoms with Gasteiger partial charge >= 0.3 is 0 Å². The number of halogens is 3. The molecule has 2 aromatic carbocycles. The molecule has 106 valence electrons. The lowest BCUT2D eigenvalue weighted by Crippen LogP contribution is -2.05. The van der Waals surface area contributed by atoms with Gasteiger partial charge in [-0.25, -0.2) is 4.39 Å². The van der Waals surface area contributed by atoms with Gasteiger partial charge in [0.25, 0.3) is 0 Å². The van der Waals surface area contributed by atoms with E-state index in [1.54, 1.807) is 18.2 Å². The van der Waals surface area contributed by atoms with E-state index in [4.69, 9.17) is 22.1 Å². The van der Waals surface area contributed by atoms with Crippen LogP contribution in [0.25, 0.3) is 0 Å². The van der Waals surface area contributed by atoms with Gasteiger partial charge in [-0.15, -0.1) is 0 Å². The molecular formula is C15H14BrClFNO. The molecule has 0 amide bonds. The maximum atomic E-state index is 13.2. The maximum absolute atomic E-state index is 13.2. The predicted molar refractivity (Wildman–Crippen MR) is 82.5 cm³/mol. The van der Waals surface area contributed by atoms with Crippen LogP contribution in [0.4, 0.5) is 4.39 Å². The third kappa shape index (κ3) is 3.95. The standard InChI is InChI=1S/C15H14BrClFNO/c1-9(19)11-2-3-15(14(17)6-11)20-8-10-4-12(16)7-13(18)5-10/h2-7,9H,8,19H2,1H3/t9-/m0/s1. The SMILES string of the molecule is C[C@H](N)c1ccc(OCc2cc(F)cc(Br)c2)c(Cl)c1. The average molecular weight is 359 g/mol. The molecule has 20 heavy (non-hydrogen) atoms. The molecule has 0 unspecified atom stereocenters. The summed E-state index contributed by atoms with van der Waals surface area (Å²) >= 11 is 9.38. The van der Waals surface area contributed by atoms with E-state index in [2.05, 4.69) is 15.9 Å². The fraction of sp³-hybridized carbons (Fsp3) is 0.200. The van der Waals surface area contributed by atoms with Crippen LogP contribution >= 0.6 is 27.5 Å². The molecule has 0 saturated carbocycles. The topological polar surface area (TPSA) is 35.2 Å². The minimum atomic E-state index is -0.309. The predicted octanol–water partition coefficient (Wildman–Crippen LogP) is 4.84. The zero-order chi connectivity index (χ0) is 14.7. The van der Waals surface area contributed by atoms with Gasteiger partial charge in [-0.2, -0.15) is 0 Å². The van der Waals surface area contributed by atoms with E-state index in [0.29, 0.717) is 15.2 Å². The van der Waals surface area contributed by atoms with E-state index < -0.39 is 0 Å². The van der Waals surface area contributed by atoms with Crippen molar-refractivity contribution in [3.8, 4) is 5.75 Å². The van der Waals surface area contributed by atoms with Crippen LogP contribution in [0.2, 0.25) is 5.02 Å². The molecule has 2 nitrogen and oxygen atoms in total. The Morgan fingerprint density at radius 1 is 1.30 bits per heavy atom. The van der Waals surface area contributed by atoms with Gasteiger partial charge in [0.1, 0.15) is 18.2 Å². The number of hydrogen-bond donors (Lipinski definition) is 1. The average Bonchev–Trinajstić information content (AvgIpc) is 2.36. The lowest BCUT2D eigenvalue weighted by Gasteiger charge is -2.11. The molecule has 2 N–H and O–H groups in total. The molecular weight excluding hydrogens is 345 g/mol. The van der Waals surface area contributed by atoms with Gasteiger partial charge in [-0.05, 0) is 48.4 Å². The number of ether oxygens (including phenoxy) is 1. The second-order valence-corrected chi connectivity index (χ2v) is 5.87. The van der Waals surface area contributed by atoms with Crippen LogP contribution in [-0.2, 0) is 6.61 Å². The van der Waals surface area contributed by atoms with Crippen molar-refractivity contribution in [3.63, 3.8) is 0 Å². The summed E-state index contributed by atoms with van der Waals surface area (Å²) in [5.41, 5.74) is 7.45. The Bertz CT molecular complexity index is 599.